The van der Waals surface area contributed by atoms with Crippen molar-refractivity contribution >= 4 is 39.1 Å². The lowest BCUT2D eigenvalue weighted by molar-refractivity contribution is -0.179. The van der Waals surface area contributed by atoms with Crippen LogP contribution in [0.4, 0.5) is 23.7 Å². The maximum absolute atomic E-state index is 13.4. The number of sulfone groups is 1. The molecule has 196 valence electrons. The lowest BCUT2D eigenvalue weighted by Crippen LogP contribution is -2.49. The van der Waals surface area contributed by atoms with Gasteiger partial charge in [0.25, 0.3) is 0 Å². The average molecular weight is 549 g/mol. The van der Waals surface area contributed by atoms with Gasteiger partial charge >= 0.3 is 12.3 Å². The van der Waals surface area contributed by atoms with Gasteiger partial charge in [0.1, 0.15) is 11.6 Å². The van der Waals surface area contributed by atoms with Gasteiger partial charge in [-0.2, -0.15) is 18.4 Å². The number of halogens is 4. The summed E-state index contributed by atoms with van der Waals surface area (Å²) in [4.78, 5) is 26.6. The van der Waals surface area contributed by atoms with Crippen LogP contribution in [0.5, 0.6) is 0 Å². The van der Waals surface area contributed by atoms with Crippen LogP contribution in [0.1, 0.15) is 32.1 Å². The quantitative estimate of drug-likeness (QED) is 0.578. The number of nitrogens with one attached hydrogen (secondary N) is 1. The number of likely N-dealkylation sites (tertiary alicyclic amines) is 1. The minimum atomic E-state index is -4.25. The van der Waals surface area contributed by atoms with E-state index < -0.39 is 57.3 Å². The second-order valence-electron chi connectivity index (χ2n) is 9.45. The first-order valence-electron chi connectivity index (χ1n) is 11.4. The molecule has 0 radical (unpaired) electrons. The normalized spacial score (nSPS) is 24.3. The molecule has 0 aromatic heterocycles. The molecule has 9 nitrogen and oxygen atoms in total. The van der Waals surface area contributed by atoms with Crippen LogP contribution < -0.4 is 10.2 Å². The van der Waals surface area contributed by atoms with E-state index in [-0.39, 0.29) is 42.3 Å². The van der Waals surface area contributed by atoms with E-state index in [1.165, 1.54) is 18.2 Å². The second-order valence-corrected chi connectivity index (χ2v) is 12.1. The van der Waals surface area contributed by atoms with Crippen LogP contribution in [-0.2, 0) is 14.6 Å². The third-order valence-corrected chi connectivity index (χ3v) is 9.73. The smallest absolute Gasteiger partial charge is 0.408 e. The van der Waals surface area contributed by atoms with Crippen molar-refractivity contribution in [3.63, 3.8) is 0 Å². The van der Waals surface area contributed by atoms with Crippen LogP contribution in [-0.4, -0.2) is 73.1 Å². The molecule has 0 spiro atoms. The van der Waals surface area contributed by atoms with E-state index in [0.29, 0.717) is 18.5 Å². The summed E-state index contributed by atoms with van der Waals surface area (Å²) in [6, 6.07) is 4.80. The number of carbonyl (C=O) groups excluding carboxylic acids is 1. The Bertz CT molecular complexity index is 1210. The molecular weight excluding hydrogens is 525 g/mol. The number of hydrogen-bond acceptors (Lipinski definition) is 6. The van der Waals surface area contributed by atoms with Crippen LogP contribution in [0, 0.1) is 17.2 Å². The monoisotopic (exact) mass is 548 g/mol. The van der Waals surface area contributed by atoms with Gasteiger partial charge in [-0.1, -0.05) is 11.6 Å². The van der Waals surface area contributed by atoms with Crippen molar-refractivity contribution < 1.29 is 36.3 Å². The standard InChI is InChI=1S/C22H24ClF3N4O5S/c23-16-9-14(29-7-3-13(4-8-29)22(24,25)26)1-2-18(16)36(34,35)15-10-17(30(11-15)20(32)33)19(31)28-21(12-27)5-6-21/h1-2,9,13,15,17H,3-8,10-11H2,(H,28,31)(H,32,33)/t15-,17+/m1/s1. The zero-order chi connectivity index (χ0) is 26.5. The van der Waals surface area contributed by atoms with Gasteiger partial charge in [-0.25, -0.2) is 13.2 Å². The molecule has 2 N–H and O–H groups in total. The van der Waals surface area contributed by atoms with Crippen molar-refractivity contribution in [3.8, 4) is 6.07 Å². The molecule has 4 rings (SSSR count). The Kier molecular flexibility index (Phi) is 6.81. The lowest BCUT2D eigenvalue weighted by atomic mass is 9.96. The Morgan fingerprint density at radius 3 is 2.36 bits per heavy atom. The topological polar surface area (TPSA) is 131 Å². The molecule has 0 unspecified atom stereocenters. The van der Waals surface area contributed by atoms with Gasteiger partial charge in [0.2, 0.25) is 5.91 Å². The lowest BCUT2D eigenvalue weighted by Gasteiger charge is -2.34. The fourth-order valence-corrected chi connectivity index (χ4v) is 6.99. The summed E-state index contributed by atoms with van der Waals surface area (Å²) < 4.78 is 65.5. The van der Waals surface area contributed by atoms with Crippen LogP contribution in [0.2, 0.25) is 5.02 Å². The van der Waals surface area contributed by atoms with Gasteiger partial charge in [-0.3, -0.25) is 9.69 Å². The highest BCUT2D eigenvalue weighted by molar-refractivity contribution is 7.92. The molecule has 2 amide bonds. The Balaban J connectivity index is 1.49. The van der Waals surface area contributed by atoms with Gasteiger partial charge in [0, 0.05) is 25.3 Å². The number of rotatable bonds is 5. The third kappa shape index (κ3) is 5.06. The molecule has 14 heteroatoms. The first-order valence-corrected chi connectivity index (χ1v) is 13.3. The Labute approximate surface area is 210 Å². The highest BCUT2D eigenvalue weighted by Gasteiger charge is 2.50. The van der Waals surface area contributed by atoms with Crippen LogP contribution in [0.25, 0.3) is 0 Å². The number of amides is 2. The van der Waals surface area contributed by atoms with E-state index in [1.807, 2.05) is 6.07 Å². The number of hydrogen-bond donors (Lipinski definition) is 2. The van der Waals surface area contributed by atoms with E-state index in [9.17, 15) is 41.5 Å². The molecule has 3 fully saturated rings. The molecular formula is C22H24ClF3N4O5S. The number of carbonyl (C=O) groups is 2. The number of nitriles is 1. The van der Waals surface area contributed by atoms with Crippen molar-refractivity contribution in [1.82, 2.24) is 10.2 Å². The summed E-state index contributed by atoms with van der Waals surface area (Å²) >= 11 is 6.29. The Morgan fingerprint density at radius 1 is 1.22 bits per heavy atom. The summed E-state index contributed by atoms with van der Waals surface area (Å²) in [5.74, 6) is -2.10. The van der Waals surface area contributed by atoms with Gasteiger partial charge < -0.3 is 15.3 Å². The number of anilines is 1. The van der Waals surface area contributed by atoms with Gasteiger partial charge in [0.15, 0.2) is 9.84 Å². The second kappa shape index (κ2) is 9.30. The molecule has 2 saturated heterocycles. The molecule has 2 atom stereocenters. The van der Waals surface area contributed by atoms with Gasteiger partial charge in [0.05, 0.1) is 27.2 Å². The predicted octanol–water partition coefficient (Wildman–Crippen LogP) is 3.19. The zero-order valence-corrected chi connectivity index (χ0v) is 20.5. The SMILES string of the molecule is N#CC1(NC(=O)[C@@H]2C[C@@H](S(=O)(=O)c3ccc(N4CCC(C(F)(F)F)CC4)cc3Cl)CN2C(=O)O)CC1. The maximum atomic E-state index is 13.4. The van der Waals surface area contributed by atoms with Gasteiger partial charge in [-0.15, -0.1) is 0 Å². The third-order valence-electron chi connectivity index (χ3n) is 7.12. The van der Waals surface area contributed by atoms with E-state index in [4.69, 9.17) is 11.6 Å². The van der Waals surface area contributed by atoms with Crippen LogP contribution >= 0.6 is 11.6 Å². The van der Waals surface area contributed by atoms with E-state index in [1.54, 1.807) is 4.90 Å². The molecule has 2 heterocycles. The fraction of sp³-hybridized carbons (Fsp3) is 0.591. The maximum Gasteiger partial charge on any atom is 0.408 e. The number of benzene rings is 1. The van der Waals surface area contributed by atoms with Crippen LogP contribution in [0.15, 0.2) is 23.1 Å². The van der Waals surface area contributed by atoms with Crippen LogP contribution in [0.3, 0.4) is 0 Å². The van der Waals surface area contributed by atoms with Crippen molar-refractivity contribution in [2.24, 2.45) is 5.92 Å². The highest BCUT2D eigenvalue weighted by atomic mass is 35.5. The number of alkyl halides is 3. The predicted molar refractivity (Wildman–Crippen MR) is 122 cm³/mol. The highest BCUT2D eigenvalue weighted by Crippen LogP contribution is 2.39. The fourth-order valence-electron chi connectivity index (χ4n) is 4.75. The van der Waals surface area contributed by atoms with Crippen molar-refractivity contribution in [2.75, 3.05) is 24.5 Å². The number of nitrogens with zero attached hydrogens (tertiary/aromatic N) is 3. The Morgan fingerprint density at radius 2 is 1.86 bits per heavy atom. The first-order chi connectivity index (χ1) is 16.8. The van der Waals surface area contributed by atoms with E-state index >= 15 is 0 Å². The molecule has 1 aromatic rings. The van der Waals surface area contributed by atoms with Crippen molar-refractivity contribution in [3.05, 3.63) is 23.2 Å². The molecule has 36 heavy (non-hydrogen) atoms. The Hall–Kier alpha value is -2.72. The molecule has 2 aliphatic heterocycles. The van der Waals surface area contributed by atoms with Crippen molar-refractivity contribution in [1.29, 1.82) is 5.26 Å². The molecule has 0 bridgehead atoms. The average Bonchev–Trinajstić information content (AvgIpc) is 3.42. The number of carboxylic acid groups (broad SMARTS) is 1. The largest absolute Gasteiger partial charge is 0.465 e. The van der Waals surface area contributed by atoms with E-state index in [2.05, 4.69) is 5.32 Å². The summed E-state index contributed by atoms with van der Waals surface area (Å²) in [6.45, 7) is -0.161. The van der Waals surface area contributed by atoms with Crippen molar-refractivity contribution in [2.45, 2.75) is 60.0 Å². The first kappa shape index (κ1) is 26.3. The zero-order valence-electron chi connectivity index (χ0n) is 19.0. The summed E-state index contributed by atoms with van der Waals surface area (Å²) in [6.07, 6.45) is -5.30. The summed E-state index contributed by atoms with van der Waals surface area (Å²) in [7, 11) is -4.16. The van der Waals surface area contributed by atoms with Gasteiger partial charge in [-0.05, 0) is 50.3 Å². The molecule has 1 saturated carbocycles. The van der Waals surface area contributed by atoms with E-state index in [0.717, 1.165) is 4.90 Å². The molecule has 1 aliphatic carbocycles. The minimum Gasteiger partial charge on any atom is -0.465 e. The summed E-state index contributed by atoms with van der Waals surface area (Å²) in [5.41, 5.74) is -0.548. The summed E-state index contributed by atoms with van der Waals surface area (Å²) in [5, 5.41) is 19.9. The molecule has 3 aliphatic rings. The minimum absolute atomic E-state index is 0.0786. The molecule has 1 aromatic carbocycles. The number of piperidine rings is 1.